The number of ether oxygens (including phenoxy) is 3. The Labute approximate surface area is 208 Å². The zero-order chi connectivity index (χ0) is 25.5. The van der Waals surface area contributed by atoms with Crippen LogP contribution in [0.2, 0.25) is 0 Å². The number of hydrogen-bond donors (Lipinski definition) is 2. The molecule has 0 aliphatic heterocycles. The van der Waals surface area contributed by atoms with Gasteiger partial charge in [-0.1, -0.05) is 54.6 Å². The van der Waals surface area contributed by atoms with E-state index in [1.54, 1.807) is 23.0 Å². The van der Waals surface area contributed by atoms with Gasteiger partial charge in [0.1, 0.15) is 5.69 Å². The molecule has 2 N–H and O–H groups in total. The molecule has 4 aromatic rings. The van der Waals surface area contributed by atoms with Crippen LogP contribution in [0.3, 0.4) is 0 Å². The Bertz CT molecular complexity index is 1350. The van der Waals surface area contributed by atoms with Crippen LogP contribution in [0.5, 0.6) is 17.2 Å². The molecule has 0 spiro atoms. The van der Waals surface area contributed by atoms with E-state index < -0.39 is 11.8 Å². The zero-order valence-electron chi connectivity index (χ0n) is 20.1. The monoisotopic (exact) mass is 486 g/mol. The molecule has 3 aromatic carbocycles. The van der Waals surface area contributed by atoms with Crippen molar-refractivity contribution in [2.45, 2.75) is 6.42 Å². The molecule has 1 heterocycles. The first kappa shape index (κ1) is 24.3. The Morgan fingerprint density at radius 3 is 2.11 bits per heavy atom. The molecule has 0 aliphatic rings. The molecular formula is C27H26N4O5. The summed E-state index contributed by atoms with van der Waals surface area (Å²) in [5, 5.41) is 4.63. The molecule has 184 valence electrons. The van der Waals surface area contributed by atoms with Crippen molar-refractivity contribution in [2.75, 3.05) is 21.3 Å². The summed E-state index contributed by atoms with van der Waals surface area (Å²) < 4.78 is 17.7. The zero-order valence-corrected chi connectivity index (χ0v) is 20.1. The van der Waals surface area contributed by atoms with Crippen LogP contribution >= 0.6 is 0 Å². The highest BCUT2D eigenvalue weighted by Gasteiger charge is 2.21. The molecule has 0 saturated heterocycles. The van der Waals surface area contributed by atoms with Crippen LogP contribution in [0.4, 0.5) is 0 Å². The molecule has 0 atom stereocenters. The molecule has 2 amide bonds. The van der Waals surface area contributed by atoms with E-state index in [1.807, 2.05) is 60.7 Å². The van der Waals surface area contributed by atoms with Gasteiger partial charge in [0.2, 0.25) is 11.7 Å². The summed E-state index contributed by atoms with van der Waals surface area (Å²) in [6, 6.07) is 22.2. The third-order valence-corrected chi connectivity index (χ3v) is 5.48. The SMILES string of the molecule is COc1ccc(CC(=O)NNC(=O)c2cn(-c3ccccc3)nc2-c2ccccc2)c(OC)c1OC. The summed E-state index contributed by atoms with van der Waals surface area (Å²) in [5.41, 5.74) is 7.93. The van der Waals surface area contributed by atoms with E-state index in [9.17, 15) is 9.59 Å². The fourth-order valence-electron chi connectivity index (χ4n) is 3.78. The number of rotatable bonds is 8. The van der Waals surface area contributed by atoms with Gasteiger partial charge in [-0.05, 0) is 18.2 Å². The van der Waals surface area contributed by atoms with E-state index in [0.717, 1.165) is 11.3 Å². The predicted octanol–water partition coefficient (Wildman–Crippen LogP) is 3.57. The molecule has 0 radical (unpaired) electrons. The Balaban J connectivity index is 1.53. The summed E-state index contributed by atoms with van der Waals surface area (Å²) in [6.07, 6.45) is 1.58. The van der Waals surface area contributed by atoms with Gasteiger partial charge in [-0.2, -0.15) is 5.10 Å². The van der Waals surface area contributed by atoms with Crippen molar-refractivity contribution in [1.82, 2.24) is 20.6 Å². The van der Waals surface area contributed by atoms with Crippen LogP contribution in [0.15, 0.2) is 79.0 Å². The maximum absolute atomic E-state index is 13.1. The van der Waals surface area contributed by atoms with Gasteiger partial charge in [-0.3, -0.25) is 20.4 Å². The summed E-state index contributed by atoms with van der Waals surface area (Å²) in [6.45, 7) is 0. The van der Waals surface area contributed by atoms with Gasteiger partial charge in [0.15, 0.2) is 11.5 Å². The molecule has 0 aliphatic carbocycles. The van der Waals surface area contributed by atoms with Gasteiger partial charge in [-0.15, -0.1) is 0 Å². The Hall–Kier alpha value is -4.79. The number of carbonyl (C=O) groups excluding carboxylic acids is 2. The van der Waals surface area contributed by atoms with Crippen LogP contribution < -0.4 is 25.1 Å². The van der Waals surface area contributed by atoms with Crippen molar-refractivity contribution < 1.29 is 23.8 Å². The number of amides is 2. The average molecular weight is 487 g/mol. The van der Waals surface area contributed by atoms with E-state index in [1.165, 1.54) is 21.3 Å². The Morgan fingerprint density at radius 1 is 0.806 bits per heavy atom. The third kappa shape index (κ3) is 5.15. The molecule has 0 bridgehead atoms. The third-order valence-electron chi connectivity index (χ3n) is 5.48. The minimum Gasteiger partial charge on any atom is -0.493 e. The lowest BCUT2D eigenvalue weighted by Gasteiger charge is -2.15. The topological polar surface area (TPSA) is 104 Å². The molecule has 4 rings (SSSR count). The number of hydrazine groups is 1. The van der Waals surface area contributed by atoms with Gasteiger partial charge in [0.05, 0.1) is 39.0 Å². The summed E-state index contributed by atoms with van der Waals surface area (Å²) >= 11 is 0. The molecule has 1 aromatic heterocycles. The minimum atomic E-state index is -0.497. The number of methoxy groups -OCH3 is 3. The van der Waals surface area contributed by atoms with Crippen molar-refractivity contribution in [3.8, 4) is 34.2 Å². The quantitative estimate of drug-likeness (QED) is 0.369. The van der Waals surface area contributed by atoms with Crippen LogP contribution in [0.25, 0.3) is 16.9 Å². The van der Waals surface area contributed by atoms with E-state index in [4.69, 9.17) is 14.2 Å². The van der Waals surface area contributed by atoms with E-state index >= 15 is 0 Å². The highest BCUT2D eigenvalue weighted by Crippen LogP contribution is 2.39. The summed E-state index contributed by atoms with van der Waals surface area (Å²) in [4.78, 5) is 25.8. The van der Waals surface area contributed by atoms with Crippen molar-refractivity contribution >= 4 is 11.8 Å². The van der Waals surface area contributed by atoms with E-state index in [-0.39, 0.29) is 6.42 Å². The molecule has 9 nitrogen and oxygen atoms in total. The summed E-state index contributed by atoms with van der Waals surface area (Å²) in [7, 11) is 4.49. The largest absolute Gasteiger partial charge is 0.493 e. The normalized spacial score (nSPS) is 10.4. The second-order valence-electron chi connectivity index (χ2n) is 7.71. The maximum Gasteiger partial charge on any atom is 0.273 e. The van der Waals surface area contributed by atoms with Crippen molar-refractivity contribution in [1.29, 1.82) is 0 Å². The fraction of sp³-hybridized carbons (Fsp3) is 0.148. The van der Waals surface area contributed by atoms with Crippen LogP contribution in [-0.4, -0.2) is 42.9 Å². The number of nitrogens with one attached hydrogen (secondary N) is 2. The lowest BCUT2D eigenvalue weighted by Crippen LogP contribution is -2.42. The lowest BCUT2D eigenvalue weighted by molar-refractivity contribution is -0.121. The first-order chi connectivity index (χ1) is 17.5. The smallest absolute Gasteiger partial charge is 0.273 e. The van der Waals surface area contributed by atoms with Crippen LogP contribution in [0, 0.1) is 0 Å². The van der Waals surface area contributed by atoms with Crippen LogP contribution in [-0.2, 0) is 11.2 Å². The number of carbonyl (C=O) groups is 2. The number of para-hydroxylation sites is 1. The highest BCUT2D eigenvalue weighted by molar-refractivity contribution is 6.00. The fourth-order valence-corrected chi connectivity index (χ4v) is 3.78. The second-order valence-corrected chi connectivity index (χ2v) is 7.71. The minimum absolute atomic E-state index is 0.0569. The summed E-state index contributed by atoms with van der Waals surface area (Å²) in [5.74, 6) is 0.314. The molecular weight excluding hydrogens is 460 g/mol. The predicted molar refractivity (Wildman–Crippen MR) is 134 cm³/mol. The van der Waals surface area contributed by atoms with Gasteiger partial charge < -0.3 is 14.2 Å². The van der Waals surface area contributed by atoms with Gasteiger partial charge in [0.25, 0.3) is 5.91 Å². The number of aromatic nitrogens is 2. The van der Waals surface area contributed by atoms with Gasteiger partial charge >= 0.3 is 0 Å². The number of hydrogen-bond acceptors (Lipinski definition) is 6. The average Bonchev–Trinajstić information content (AvgIpc) is 3.38. The molecule has 0 fully saturated rings. The first-order valence-electron chi connectivity index (χ1n) is 11.1. The highest BCUT2D eigenvalue weighted by atomic mass is 16.5. The standard InChI is InChI=1S/C27H26N4O5/c1-34-22-15-14-19(25(35-2)26(22)36-3)16-23(32)28-29-27(33)21-17-31(20-12-8-5-9-13-20)30-24(21)18-10-6-4-7-11-18/h4-15,17H,16H2,1-3H3,(H,28,32)(H,29,33). The molecule has 36 heavy (non-hydrogen) atoms. The van der Waals surface area contributed by atoms with Gasteiger partial charge in [-0.25, -0.2) is 4.68 Å². The molecule has 0 unspecified atom stereocenters. The maximum atomic E-state index is 13.1. The Kier molecular flexibility index (Phi) is 7.50. The van der Waals surface area contributed by atoms with Crippen molar-refractivity contribution in [3.05, 3.63) is 90.1 Å². The molecule has 9 heteroatoms. The number of nitrogens with zero attached hydrogens (tertiary/aromatic N) is 2. The number of benzene rings is 3. The lowest BCUT2D eigenvalue weighted by atomic mass is 10.1. The second kappa shape index (κ2) is 11.1. The van der Waals surface area contributed by atoms with Crippen molar-refractivity contribution in [2.24, 2.45) is 0 Å². The van der Waals surface area contributed by atoms with Crippen LogP contribution in [0.1, 0.15) is 15.9 Å². The molecule has 0 saturated carbocycles. The van der Waals surface area contributed by atoms with E-state index in [2.05, 4.69) is 16.0 Å². The van der Waals surface area contributed by atoms with E-state index in [0.29, 0.717) is 34.1 Å². The van der Waals surface area contributed by atoms with Gasteiger partial charge in [0, 0.05) is 17.3 Å². The van der Waals surface area contributed by atoms with Crippen molar-refractivity contribution in [3.63, 3.8) is 0 Å². The Morgan fingerprint density at radius 2 is 1.47 bits per heavy atom. The first-order valence-corrected chi connectivity index (χ1v) is 11.1.